The van der Waals surface area contributed by atoms with Crippen molar-refractivity contribution in [1.29, 1.82) is 0 Å². The van der Waals surface area contributed by atoms with E-state index >= 15 is 0 Å². The number of aromatic carboxylic acids is 1. The first-order valence-corrected chi connectivity index (χ1v) is 7.04. The van der Waals surface area contributed by atoms with Crippen LogP contribution in [-0.4, -0.2) is 27.3 Å². The highest BCUT2D eigenvalue weighted by Gasteiger charge is 2.12. The van der Waals surface area contributed by atoms with E-state index in [-0.39, 0.29) is 5.69 Å². The van der Waals surface area contributed by atoms with Crippen LogP contribution in [0, 0.1) is 0 Å². The number of nitrogens with zero attached hydrogens (tertiary/aromatic N) is 2. The second-order valence-electron chi connectivity index (χ2n) is 3.42. The van der Waals surface area contributed by atoms with Gasteiger partial charge < -0.3 is 5.11 Å². The lowest BCUT2D eigenvalue weighted by molar-refractivity contribution is 0.0689. The Morgan fingerprint density at radius 1 is 1.33 bits per heavy atom. The fourth-order valence-electron chi connectivity index (χ4n) is 1.40. The van der Waals surface area contributed by atoms with E-state index in [9.17, 15) is 4.79 Å². The van der Waals surface area contributed by atoms with E-state index in [0.717, 1.165) is 10.5 Å². The number of benzene rings is 1. The van der Waals surface area contributed by atoms with Gasteiger partial charge in [-0.3, -0.25) is 0 Å². The molecule has 1 aromatic heterocycles. The number of rotatable bonds is 3. The van der Waals surface area contributed by atoms with E-state index in [1.807, 2.05) is 30.5 Å². The van der Waals surface area contributed by atoms with E-state index in [4.69, 9.17) is 5.11 Å². The molecule has 2 rings (SSSR count). The maximum atomic E-state index is 11.0. The van der Waals surface area contributed by atoms with Gasteiger partial charge in [-0.2, -0.15) is 0 Å². The molecule has 2 aromatic rings. The topological polar surface area (TPSA) is 63.1 Å². The van der Waals surface area contributed by atoms with Crippen molar-refractivity contribution in [3.05, 3.63) is 40.6 Å². The van der Waals surface area contributed by atoms with Crippen molar-refractivity contribution >= 4 is 33.7 Å². The molecule has 0 unspecified atom stereocenters. The minimum absolute atomic E-state index is 0.0334. The Hall–Kier alpha value is -1.40. The lowest BCUT2D eigenvalue weighted by atomic mass is 10.2. The molecular formula is C12H9BrN2O2S. The van der Waals surface area contributed by atoms with Crippen molar-refractivity contribution in [2.24, 2.45) is 0 Å². The molecule has 4 nitrogen and oxygen atoms in total. The van der Waals surface area contributed by atoms with Crippen molar-refractivity contribution in [2.75, 3.05) is 6.26 Å². The minimum Gasteiger partial charge on any atom is -0.476 e. The fourth-order valence-corrected chi connectivity index (χ4v) is 2.17. The highest BCUT2D eigenvalue weighted by atomic mass is 79.9. The number of hydrogen-bond acceptors (Lipinski definition) is 4. The summed E-state index contributed by atoms with van der Waals surface area (Å²) in [6.45, 7) is 0. The van der Waals surface area contributed by atoms with E-state index < -0.39 is 5.97 Å². The summed E-state index contributed by atoms with van der Waals surface area (Å²) in [5, 5.41) is 9.00. The number of thioether (sulfide) groups is 1. The molecule has 0 aliphatic carbocycles. The second-order valence-corrected chi connectivity index (χ2v) is 5.16. The van der Waals surface area contributed by atoms with Gasteiger partial charge in [-0.25, -0.2) is 14.8 Å². The molecule has 0 aliphatic heterocycles. The molecule has 1 N–H and O–H groups in total. The molecule has 1 aromatic carbocycles. The normalized spacial score (nSPS) is 10.3. The molecule has 0 spiro atoms. The number of halogens is 1. The summed E-state index contributed by atoms with van der Waals surface area (Å²) in [6.07, 6.45) is 3.45. The standard InChI is InChI=1S/C12H9BrN2O2S/c1-18-8-4-2-7(3-5-8)11-14-6-9(13)10(15-11)12(16)17/h2-6H,1H3,(H,16,17). The van der Waals surface area contributed by atoms with Gasteiger partial charge >= 0.3 is 5.97 Å². The molecular weight excluding hydrogens is 316 g/mol. The molecule has 0 saturated heterocycles. The number of aromatic nitrogens is 2. The molecule has 0 saturated carbocycles. The van der Waals surface area contributed by atoms with Crippen LogP contribution in [0.4, 0.5) is 0 Å². The molecule has 1 heterocycles. The van der Waals surface area contributed by atoms with E-state index in [1.54, 1.807) is 11.8 Å². The van der Waals surface area contributed by atoms with E-state index in [1.165, 1.54) is 6.20 Å². The summed E-state index contributed by atoms with van der Waals surface area (Å²) < 4.78 is 0.375. The van der Waals surface area contributed by atoms with Crippen LogP contribution in [0.15, 0.2) is 39.8 Å². The zero-order valence-corrected chi connectivity index (χ0v) is 11.8. The Kier molecular flexibility index (Phi) is 3.98. The molecule has 0 fully saturated rings. The third-order valence-corrected chi connectivity index (χ3v) is 3.62. The largest absolute Gasteiger partial charge is 0.476 e. The first kappa shape index (κ1) is 13.0. The van der Waals surface area contributed by atoms with Crippen molar-refractivity contribution < 1.29 is 9.90 Å². The van der Waals surface area contributed by atoms with Crippen LogP contribution in [-0.2, 0) is 0 Å². The van der Waals surface area contributed by atoms with Crippen molar-refractivity contribution in [3.8, 4) is 11.4 Å². The van der Waals surface area contributed by atoms with Gasteiger partial charge in [0.05, 0.1) is 4.47 Å². The number of carboxylic acid groups (broad SMARTS) is 1. The minimum atomic E-state index is -1.08. The number of carboxylic acids is 1. The van der Waals surface area contributed by atoms with Crippen LogP contribution in [0.2, 0.25) is 0 Å². The Balaban J connectivity index is 2.44. The zero-order chi connectivity index (χ0) is 13.1. The first-order valence-electron chi connectivity index (χ1n) is 5.02. The van der Waals surface area contributed by atoms with Gasteiger partial charge in [-0.1, -0.05) is 12.1 Å². The third-order valence-electron chi connectivity index (χ3n) is 2.29. The molecule has 0 radical (unpaired) electrons. The molecule has 0 aliphatic rings. The van der Waals surface area contributed by atoms with Crippen LogP contribution in [0.3, 0.4) is 0 Å². The van der Waals surface area contributed by atoms with Crippen LogP contribution in [0.1, 0.15) is 10.5 Å². The molecule has 0 bridgehead atoms. The quantitative estimate of drug-likeness (QED) is 0.877. The predicted molar refractivity (Wildman–Crippen MR) is 73.9 cm³/mol. The van der Waals surface area contributed by atoms with Crippen molar-refractivity contribution in [2.45, 2.75) is 4.90 Å². The molecule has 0 atom stereocenters. The highest BCUT2D eigenvalue weighted by Crippen LogP contribution is 2.22. The van der Waals surface area contributed by atoms with Gasteiger partial charge in [0.15, 0.2) is 11.5 Å². The Labute approximate surface area is 117 Å². The van der Waals surface area contributed by atoms with Crippen LogP contribution >= 0.6 is 27.7 Å². The van der Waals surface area contributed by atoms with Gasteiger partial charge in [0, 0.05) is 16.7 Å². The average molecular weight is 325 g/mol. The van der Waals surface area contributed by atoms with Gasteiger partial charge in [0.1, 0.15) is 0 Å². The fraction of sp³-hybridized carbons (Fsp3) is 0.0833. The van der Waals surface area contributed by atoms with E-state index in [2.05, 4.69) is 25.9 Å². The Morgan fingerprint density at radius 2 is 2.00 bits per heavy atom. The number of carbonyl (C=O) groups is 1. The Bertz CT molecular complexity index is 587. The molecule has 0 amide bonds. The van der Waals surface area contributed by atoms with Crippen LogP contribution in [0.25, 0.3) is 11.4 Å². The molecule has 6 heteroatoms. The smallest absolute Gasteiger partial charge is 0.355 e. The van der Waals surface area contributed by atoms with Gasteiger partial charge in [-0.05, 0) is 34.3 Å². The number of hydrogen-bond donors (Lipinski definition) is 1. The zero-order valence-electron chi connectivity index (χ0n) is 9.42. The summed E-state index contributed by atoms with van der Waals surface area (Å²) in [5.41, 5.74) is 0.761. The second kappa shape index (κ2) is 5.49. The Morgan fingerprint density at radius 3 is 2.56 bits per heavy atom. The lowest BCUT2D eigenvalue weighted by Gasteiger charge is -2.03. The SMILES string of the molecule is CSc1ccc(-c2ncc(Br)c(C(=O)O)n2)cc1. The first-order chi connectivity index (χ1) is 8.61. The predicted octanol–water partition coefficient (Wildman–Crippen LogP) is 3.33. The average Bonchev–Trinajstić information content (AvgIpc) is 2.39. The maximum absolute atomic E-state index is 11.0. The van der Waals surface area contributed by atoms with Gasteiger partial charge in [-0.15, -0.1) is 11.8 Å². The summed E-state index contributed by atoms with van der Waals surface area (Å²) in [7, 11) is 0. The summed E-state index contributed by atoms with van der Waals surface area (Å²) in [6, 6.07) is 7.65. The highest BCUT2D eigenvalue weighted by molar-refractivity contribution is 9.10. The van der Waals surface area contributed by atoms with Crippen molar-refractivity contribution in [3.63, 3.8) is 0 Å². The third kappa shape index (κ3) is 2.70. The molecule has 92 valence electrons. The summed E-state index contributed by atoms with van der Waals surface area (Å²) in [5.74, 6) is -0.672. The van der Waals surface area contributed by atoms with Crippen molar-refractivity contribution in [1.82, 2.24) is 9.97 Å². The molecule has 18 heavy (non-hydrogen) atoms. The van der Waals surface area contributed by atoms with Gasteiger partial charge in [0.2, 0.25) is 0 Å². The van der Waals surface area contributed by atoms with E-state index in [0.29, 0.717) is 10.3 Å². The van der Waals surface area contributed by atoms with Gasteiger partial charge in [0.25, 0.3) is 0 Å². The summed E-state index contributed by atoms with van der Waals surface area (Å²) in [4.78, 5) is 20.3. The van der Waals surface area contributed by atoms with Crippen LogP contribution in [0.5, 0.6) is 0 Å². The van der Waals surface area contributed by atoms with Crippen LogP contribution < -0.4 is 0 Å². The maximum Gasteiger partial charge on any atom is 0.355 e. The lowest BCUT2D eigenvalue weighted by Crippen LogP contribution is -2.04. The monoisotopic (exact) mass is 324 g/mol. The summed E-state index contributed by atoms with van der Waals surface area (Å²) >= 11 is 4.76.